The molecule has 0 spiro atoms. The van der Waals surface area contributed by atoms with Crippen molar-refractivity contribution in [2.24, 2.45) is 5.92 Å². The van der Waals surface area contributed by atoms with E-state index in [4.69, 9.17) is 9.47 Å². The van der Waals surface area contributed by atoms with Gasteiger partial charge in [0.15, 0.2) is 6.29 Å². The summed E-state index contributed by atoms with van der Waals surface area (Å²) in [4.78, 5) is 10.7. The quantitative estimate of drug-likeness (QED) is 0.559. The molecular weight excluding hydrogens is 144 g/mol. The average molecular weight is 158 g/mol. The zero-order chi connectivity index (χ0) is 8.27. The van der Waals surface area contributed by atoms with E-state index in [9.17, 15) is 4.79 Å². The topological polar surface area (TPSA) is 35.5 Å². The van der Waals surface area contributed by atoms with Crippen LogP contribution in [0.25, 0.3) is 0 Å². The molecule has 1 unspecified atom stereocenters. The lowest BCUT2D eigenvalue weighted by Crippen LogP contribution is -2.20. The smallest absolute Gasteiger partial charge is 0.167 e. The number of hydrogen-bond acceptors (Lipinski definition) is 3. The zero-order valence-electron chi connectivity index (χ0n) is 7.00. The summed E-state index contributed by atoms with van der Waals surface area (Å²) in [5.41, 5.74) is 0. The Morgan fingerprint density at radius 2 is 1.91 bits per heavy atom. The van der Waals surface area contributed by atoms with Crippen LogP contribution in [0.5, 0.6) is 0 Å². The van der Waals surface area contributed by atoms with Gasteiger partial charge in [0.1, 0.15) is 5.78 Å². The lowest BCUT2D eigenvalue weighted by atomic mass is 10.4. The second-order valence-corrected chi connectivity index (χ2v) is 2.56. The van der Waals surface area contributed by atoms with Crippen LogP contribution in [0.15, 0.2) is 0 Å². The molecule has 11 heavy (non-hydrogen) atoms. The highest BCUT2D eigenvalue weighted by Gasteiger charge is 2.42. The Bertz CT molecular complexity index is 138. The molecule has 1 fully saturated rings. The highest BCUT2D eigenvalue weighted by atomic mass is 16.7. The third-order valence-electron chi connectivity index (χ3n) is 1.66. The highest BCUT2D eigenvalue weighted by Crippen LogP contribution is 2.30. The Kier molecular flexibility index (Phi) is 3.02. The number of ether oxygens (including phenoxy) is 2. The largest absolute Gasteiger partial charge is 0.352 e. The molecule has 0 aromatic carbocycles. The maximum Gasteiger partial charge on any atom is 0.167 e. The first-order chi connectivity index (χ1) is 5.29. The van der Waals surface area contributed by atoms with E-state index < -0.39 is 0 Å². The van der Waals surface area contributed by atoms with Gasteiger partial charge in [-0.15, -0.1) is 0 Å². The molecule has 1 atom stereocenters. The number of carbonyl (C=O) groups is 1. The van der Waals surface area contributed by atoms with Crippen molar-refractivity contribution in [3.05, 3.63) is 0 Å². The van der Waals surface area contributed by atoms with Gasteiger partial charge < -0.3 is 9.47 Å². The van der Waals surface area contributed by atoms with Crippen LogP contribution in [0.2, 0.25) is 0 Å². The summed E-state index contributed by atoms with van der Waals surface area (Å²) in [5, 5.41) is 0. The Hall–Kier alpha value is -0.410. The number of rotatable bonds is 5. The van der Waals surface area contributed by atoms with Gasteiger partial charge in [0.2, 0.25) is 0 Å². The molecule has 0 amide bonds. The fourth-order valence-corrected chi connectivity index (χ4v) is 1.01. The minimum Gasteiger partial charge on any atom is -0.352 e. The van der Waals surface area contributed by atoms with Gasteiger partial charge in [-0.2, -0.15) is 0 Å². The lowest BCUT2D eigenvalue weighted by Gasteiger charge is -2.14. The van der Waals surface area contributed by atoms with Gasteiger partial charge >= 0.3 is 0 Å². The molecule has 3 nitrogen and oxygen atoms in total. The standard InChI is InChI=1S/C8H14O3/c1-3-10-8(11-4-2)6-5-7(6)9/h6,8H,3-5H2,1-2H3. The van der Waals surface area contributed by atoms with E-state index >= 15 is 0 Å². The summed E-state index contributed by atoms with van der Waals surface area (Å²) in [6, 6.07) is 0. The fourth-order valence-electron chi connectivity index (χ4n) is 1.01. The third-order valence-corrected chi connectivity index (χ3v) is 1.66. The molecule has 0 heterocycles. The Morgan fingerprint density at radius 1 is 1.45 bits per heavy atom. The van der Waals surface area contributed by atoms with Gasteiger partial charge in [0, 0.05) is 19.6 Å². The molecule has 64 valence electrons. The molecule has 0 aromatic heterocycles. The molecule has 3 heteroatoms. The van der Waals surface area contributed by atoms with Crippen LogP contribution < -0.4 is 0 Å². The number of carbonyl (C=O) groups excluding carboxylic acids is 1. The summed E-state index contributed by atoms with van der Waals surface area (Å²) >= 11 is 0. The van der Waals surface area contributed by atoms with Crippen LogP contribution in [-0.4, -0.2) is 25.3 Å². The fraction of sp³-hybridized carbons (Fsp3) is 0.875. The SMILES string of the molecule is CCOC(OCC)C1CC1=O. The molecule has 1 saturated carbocycles. The molecule has 0 radical (unpaired) electrons. The minimum absolute atomic E-state index is 0.0231. The number of hydrogen-bond donors (Lipinski definition) is 0. The average Bonchev–Trinajstić information content (AvgIpc) is 2.67. The predicted octanol–water partition coefficient (Wildman–Crippen LogP) is 0.974. The van der Waals surface area contributed by atoms with Gasteiger partial charge in [-0.05, 0) is 13.8 Å². The van der Waals surface area contributed by atoms with Crippen molar-refractivity contribution in [2.45, 2.75) is 26.6 Å². The number of ketones is 1. The highest BCUT2D eigenvalue weighted by molar-refractivity contribution is 5.96. The van der Waals surface area contributed by atoms with Crippen LogP contribution in [0.3, 0.4) is 0 Å². The molecule has 1 aliphatic carbocycles. The first-order valence-electron chi connectivity index (χ1n) is 4.05. The molecule has 0 aromatic rings. The molecule has 1 aliphatic rings. The second kappa shape index (κ2) is 3.83. The van der Waals surface area contributed by atoms with Gasteiger partial charge in [0.25, 0.3) is 0 Å². The van der Waals surface area contributed by atoms with Gasteiger partial charge in [-0.1, -0.05) is 0 Å². The summed E-state index contributed by atoms with van der Waals surface area (Å²) in [6.45, 7) is 5.01. The predicted molar refractivity (Wildman–Crippen MR) is 40.2 cm³/mol. The van der Waals surface area contributed by atoms with Crippen LogP contribution in [0, 0.1) is 5.92 Å². The summed E-state index contributed by atoms with van der Waals surface area (Å²) in [5.74, 6) is 0.284. The monoisotopic (exact) mass is 158 g/mol. The van der Waals surface area contributed by atoms with Gasteiger partial charge in [-0.25, -0.2) is 0 Å². The van der Waals surface area contributed by atoms with Crippen molar-refractivity contribution in [1.29, 1.82) is 0 Å². The van der Waals surface area contributed by atoms with Crippen LogP contribution in [0.4, 0.5) is 0 Å². The van der Waals surface area contributed by atoms with Crippen molar-refractivity contribution in [1.82, 2.24) is 0 Å². The van der Waals surface area contributed by atoms with Crippen molar-refractivity contribution in [3.8, 4) is 0 Å². The van der Waals surface area contributed by atoms with E-state index in [0.29, 0.717) is 19.6 Å². The van der Waals surface area contributed by atoms with Crippen molar-refractivity contribution in [3.63, 3.8) is 0 Å². The summed E-state index contributed by atoms with van der Waals surface area (Å²) in [7, 11) is 0. The maximum atomic E-state index is 10.7. The van der Waals surface area contributed by atoms with Crippen molar-refractivity contribution in [2.75, 3.05) is 13.2 Å². The van der Waals surface area contributed by atoms with E-state index in [1.165, 1.54) is 0 Å². The van der Waals surface area contributed by atoms with Crippen molar-refractivity contribution >= 4 is 5.78 Å². The van der Waals surface area contributed by atoms with E-state index in [1.807, 2.05) is 13.8 Å². The summed E-state index contributed by atoms with van der Waals surface area (Å²) in [6.07, 6.45) is 0.350. The number of Topliss-reactive ketones (excluding diaryl/α,β-unsaturated/α-hetero) is 1. The maximum absolute atomic E-state index is 10.7. The molecule has 0 bridgehead atoms. The molecule has 1 rings (SSSR count). The Balaban J connectivity index is 2.27. The van der Waals surface area contributed by atoms with Crippen LogP contribution in [-0.2, 0) is 14.3 Å². The van der Waals surface area contributed by atoms with E-state index in [0.717, 1.165) is 0 Å². The van der Waals surface area contributed by atoms with Gasteiger partial charge in [0.05, 0.1) is 5.92 Å². The Labute approximate surface area is 66.7 Å². The van der Waals surface area contributed by atoms with E-state index in [-0.39, 0.29) is 18.0 Å². The van der Waals surface area contributed by atoms with Gasteiger partial charge in [-0.3, -0.25) is 4.79 Å². The lowest BCUT2D eigenvalue weighted by molar-refractivity contribution is -0.152. The van der Waals surface area contributed by atoms with E-state index in [2.05, 4.69) is 0 Å². The molecule has 0 aliphatic heterocycles. The van der Waals surface area contributed by atoms with Crippen LogP contribution >= 0.6 is 0 Å². The third kappa shape index (κ3) is 2.27. The Morgan fingerprint density at radius 3 is 2.18 bits per heavy atom. The second-order valence-electron chi connectivity index (χ2n) is 2.56. The summed E-state index contributed by atoms with van der Waals surface area (Å²) < 4.78 is 10.5. The van der Waals surface area contributed by atoms with Crippen molar-refractivity contribution < 1.29 is 14.3 Å². The van der Waals surface area contributed by atoms with Crippen LogP contribution in [0.1, 0.15) is 20.3 Å². The first-order valence-corrected chi connectivity index (χ1v) is 4.05. The zero-order valence-corrected chi connectivity index (χ0v) is 7.00. The van der Waals surface area contributed by atoms with E-state index in [1.54, 1.807) is 0 Å². The minimum atomic E-state index is -0.280. The first kappa shape index (κ1) is 8.68. The molecular formula is C8H14O3. The molecule has 0 saturated heterocycles. The molecule has 0 N–H and O–H groups in total. The normalized spacial score (nSPS) is 22.8.